The maximum Gasteiger partial charge on any atom is 0.126 e. The van der Waals surface area contributed by atoms with Crippen molar-refractivity contribution < 1.29 is 9.47 Å². The molecule has 1 aromatic rings. The fourth-order valence-electron chi connectivity index (χ4n) is 1.72. The smallest absolute Gasteiger partial charge is 0.126 e. The summed E-state index contributed by atoms with van der Waals surface area (Å²) < 4.78 is 10.5. The Hall–Kier alpha value is -1.26. The molecule has 4 nitrogen and oxygen atoms in total. The molecule has 16 heavy (non-hydrogen) atoms. The number of nitrogens with one attached hydrogen (secondary N) is 1. The maximum absolute atomic E-state index is 5.76. The first kappa shape index (κ1) is 12.8. The molecule has 0 radical (unpaired) electrons. The van der Waals surface area contributed by atoms with Crippen LogP contribution in [0.1, 0.15) is 11.5 Å². The van der Waals surface area contributed by atoms with Crippen molar-refractivity contribution in [3.8, 4) is 11.5 Å². The lowest BCUT2D eigenvalue weighted by Crippen LogP contribution is -2.24. The Labute approximate surface area is 96.7 Å². The molecule has 1 atom stereocenters. The van der Waals surface area contributed by atoms with Gasteiger partial charge < -0.3 is 20.5 Å². The van der Waals surface area contributed by atoms with E-state index in [1.165, 1.54) is 0 Å². The monoisotopic (exact) mass is 224 g/mol. The number of nitrogens with two attached hydrogens (primary N) is 1. The number of rotatable bonds is 6. The number of likely N-dealkylation sites (N-methyl/N-ethyl adjacent to an activating group) is 1. The topological polar surface area (TPSA) is 56.5 Å². The van der Waals surface area contributed by atoms with Crippen molar-refractivity contribution in [2.45, 2.75) is 5.92 Å². The summed E-state index contributed by atoms with van der Waals surface area (Å²) in [4.78, 5) is 0. The van der Waals surface area contributed by atoms with Crippen LogP contribution in [0.15, 0.2) is 18.2 Å². The summed E-state index contributed by atoms with van der Waals surface area (Å²) in [5, 5.41) is 3.13. The molecule has 0 aliphatic rings. The lowest BCUT2D eigenvalue weighted by Gasteiger charge is -2.18. The third-order valence-corrected chi connectivity index (χ3v) is 2.62. The second kappa shape index (κ2) is 6.35. The number of methoxy groups -OCH3 is 2. The highest BCUT2D eigenvalue weighted by atomic mass is 16.5. The fraction of sp³-hybridized carbons (Fsp3) is 0.500. The van der Waals surface area contributed by atoms with Gasteiger partial charge in [-0.25, -0.2) is 0 Å². The first-order valence-electron chi connectivity index (χ1n) is 5.33. The average Bonchev–Trinajstić information content (AvgIpc) is 2.35. The molecule has 0 saturated carbocycles. The Kier molecular flexibility index (Phi) is 5.08. The van der Waals surface area contributed by atoms with Gasteiger partial charge in [0.1, 0.15) is 11.5 Å². The third-order valence-electron chi connectivity index (χ3n) is 2.62. The molecule has 0 aliphatic heterocycles. The summed E-state index contributed by atoms with van der Waals surface area (Å²) in [5.74, 6) is 1.87. The molecular weight excluding hydrogens is 204 g/mol. The number of benzene rings is 1. The van der Waals surface area contributed by atoms with Crippen LogP contribution >= 0.6 is 0 Å². The second-order valence-electron chi connectivity index (χ2n) is 3.60. The molecule has 0 aliphatic carbocycles. The van der Waals surface area contributed by atoms with Gasteiger partial charge in [0, 0.05) is 25.1 Å². The van der Waals surface area contributed by atoms with Crippen LogP contribution in [0.3, 0.4) is 0 Å². The van der Waals surface area contributed by atoms with Crippen LogP contribution in [0.5, 0.6) is 11.5 Å². The summed E-state index contributed by atoms with van der Waals surface area (Å²) in [6.07, 6.45) is 0. The van der Waals surface area contributed by atoms with Crippen LogP contribution in [0.25, 0.3) is 0 Å². The summed E-state index contributed by atoms with van der Waals surface area (Å²) in [6, 6.07) is 5.82. The van der Waals surface area contributed by atoms with Crippen molar-refractivity contribution in [2.75, 3.05) is 34.4 Å². The quantitative estimate of drug-likeness (QED) is 0.756. The van der Waals surface area contributed by atoms with Crippen molar-refractivity contribution in [3.05, 3.63) is 23.8 Å². The Morgan fingerprint density at radius 1 is 1.31 bits per heavy atom. The zero-order chi connectivity index (χ0) is 12.0. The zero-order valence-corrected chi connectivity index (χ0v) is 10.1. The Morgan fingerprint density at radius 2 is 2.06 bits per heavy atom. The molecule has 3 N–H and O–H groups in total. The van der Waals surface area contributed by atoms with Gasteiger partial charge in [-0.05, 0) is 18.7 Å². The molecule has 0 fully saturated rings. The van der Waals surface area contributed by atoms with Gasteiger partial charge in [0.15, 0.2) is 0 Å². The lowest BCUT2D eigenvalue weighted by atomic mass is 9.98. The molecule has 0 heterocycles. The van der Waals surface area contributed by atoms with Gasteiger partial charge in [0.2, 0.25) is 0 Å². The van der Waals surface area contributed by atoms with E-state index in [0.29, 0.717) is 6.54 Å². The molecule has 1 rings (SSSR count). The zero-order valence-electron chi connectivity index (χ0n) is 10.1. The van der Waals surface area contributed by atoms with Crippen LogP contribution in [0.2, 0.25) is 0 Å². The maximum atomic E-state index is 5.76. The van der Waals surface area contributed by atoms with Crippen molar-refractivity contribution >= 4 is 0 Å². The fourth-order valence-corrected chi connectivity index (χ4v) is 1.72. The summed E-state index contributed by atoms with van der Waals surface area (Å²) in [7, 11) is 5.21. The highest BCUT2D eigenvalue weighted by molar-refractivity contribution is 5.43. The van der Waals surface area contributed by atoms with Crippen molar-refractivity contribution in [2.24, 2.45) is 5.73 Å². The summed E-state index contributed by atoms with van der Waals surface area (Å²) >= 11 is 0. The van der Waals surface area contributed by atoms with Gasteiger partial charge in [0.25, 0.3) is 0 Å². The molecule has 0 bridgehead atoms. The van der Waals surface area contributed by atoms with E-state index < -0.39 is 0 Å². The van der Waals surface area contributed by atoms with Gasteiger partial charge in [-0.3, -0.25) is 0 Å². The summed E-state index contributed by atoms with van der Waals surface area (Å²) in [6.45, 7) is 1.42. The van der Waals surface area contributed by atoms with E-state index in [-0.39, 0.29) is 5.92 Å². The highest BCUT2D eigenvalue weighted by Crippen LogP contribution is 2.29. The predicted molar refractivity (Wildman–Crippen MR) is 65.3 cm³/mol. The second-order valence-corrected chi connectivity index (χ2v) is 3.60. The molecule has 1 aromatic carbocycles. The van der Waals surface area contributed by atoms with Crippen LogP contribution in [0.4, 0.5) is 0 Å². The Balaban J connectivity index is 3.01. The van der Waals surface area contributed by atoms with Crippen LogP contribution in [0, 0.1) is 0 Å². The molecular formula is C12H20N2O2. The first-order chi connectivity index (χ1) is 7.76. The minimum absolute atomic E-state index is 0.255. The normalized spacial score (nSPS) is 12.2. The molecule has 0 spiro atoms. The highest BCUT2D eigenvalue weighted by Gasteiger charge is 2.14. The van der Waals surface area contributed by atoms with Gasteiger partial charge in [-0.2, -0.15) is 0 Å². The molecule has 4 heteroatoms. The SMILES string of the molecule is CNCC(CN)c1ccc(OC)cc1OC. The number of ether oxygens (including phenoxy) is 2. The van der Waals surface area contributed by atoms with Gasteiger partial charge in [-0.15, -0.1) is 0 Å². The van der Waals surface area contributed by atoms with Crippen LogP contribution in [-0.2, 0) is 0 Å². The minimum Gasteiger partial charge on any atom is -0.497 e. The minimum atomic E-state index is 0.255. The molecule has 90 valence electrons. The molecule has 0 amide bonds. The van der Waals surface area contributed by atoms with Gasteiger partial charge in [-0.1, -0.05) is 6.07 Å². The average molecular weight is 224 g/mol. The van der Waals surface area contributed by atoms with E-state index >= 15 is 0 Å². The van der Waals surface area contributed by atoms with Crippen molar-refractivity contribution in [1.29, 1.82) is 0 Å². The summed E-state index contributed by atoms with van der Waals surface area (Å²) in [5.41, 5.74) is 6.87. The van der Waals surface area contributed by atoms with E-state index in [1.54, 1.807) is 14.2 Å². The Bertz CT molecular complexity index is 329. The van der Waals surface area contributed by atoms with Crippen molar-refractivity contribution in [3.63, 3.8) is 0 Å². The van der Waals surface area contributed by atoms with Crippen LogP contribution in [-0.4, -0.2) is 34.4 Å². The number of hydrogen-bond donors (Lipinski definition) is 2. The largest absolute Gasteiger partial charge is 0.497 e. The van der Waals surface area contributed by atoms with Gasteiger partial charge >= 0.3 is 0 Å². The van der Waals surface area contributed by atoms with Crippen molar-refractivity contribution in [1.82, 2.24) is 5.32 Å². The van der Waals surface area contributed by atoms with E-state index in [4.69, 9.17) is 15.2 Å². The van der Waals surface area contributed by atoms with E-state index in [9.17, 15) is 0 Å². The van der Waals surface area contributed by atoms with E-state index in [0.717, 1.165) is 23.6 Å². The molecule has 1 unspecified atom stereocenters. The molecule has 0 aromatic heterocycles. The van der Waals surface area contributed by atoms with E-state index in [2.05, 4.69) is 5.32 Å². The van der Waals surface area contributed by atoms with Gasteiger partial charge in [0.05, 0.1) is 14.2 Å². The Morgan fingerprint density at radius 3 is 2.56 bits per heavy atom. The standard InChI is InChI=1S/C12H20N2O2/c1-14-8-9(7-13)11-5-4-10(15-2)6-12(11)16-3/h4-6,9,14H,7-8,13H2,1-3H3. The molecule has 0 saturated heterocycles. The first-order valence-corrected chi connectivity index (χ1v) is 5.33. The van der Waals surface area contributed by atoms with Crippen LogP contribution < -0.4 is 20.5 Å². The van der Waals surface area contributed by atoms with E-state index in [1.807, 2.05) is 25.2 Å². The number of hydrogen-bond acceptors (Lipinski definition) is 4. The lowest BCUT2D eigenvalue weighted by molar-refractivity contribution is 0.388. The third kappa shape index (κ3) is 2.87. The predicted octanol–water partition coefficient (Wildman–Crippen LogP) is 0.965.